The van der Waals surface area contributed by atoms with E-state index < -0.39 is 0 Å². The molecule has 0 amide bonds. The van der Waals surface area contributed by atoms with E-state index in [0.29, 0.717) is 6.04 Å². The van der Waals surface area contributed by atoms with E-state index in [1.54, 1.807) is 4.52 Å². The van der Waals surface area contributed by atoms with Crippen LogP contribution in [0.4, 0.5) is 0 Å². The molecule has 2 aromatic heterocycles. The van der Waals surface area contributed by atoms with Gasteiger partial charge in [-0.1, -0.05) is 6.07 Å². The molecule has 1 aliphatic heterocycles. The van der Waals surface area contributed by atoms with E-state index in [2.05, 4.69) is 26.9 Å². The molecule has 0 aliphatic carbocycles. The molecule has 3 heterocycles. The van der Waals surface area contributed by atoms with Crippen molar-refractivity contribution in [2.45, 2.75) is 18.9 Å². The molecule has 72 valence electrons. The van der Waals surface area contributed by atoms with Gasteiger partial charge in [-0.2, -0.15) is 0 Å². The molecule has 0 saturated carbocycles. The van der Waals surface area contributed by atoms with Crippen molar-refractivity contribution in [1.82, 2.24) is 25.4 Å². The van der Waals surface area contributed by atoms with Crippen molar-refractivity contribution in [2.24, 2.45) is 0 Å². The van der Waals surface area contributed by atoms with Gasteiger partial charge in [0.1, 0.15) is 0 Å². The molecule has 1 fully saturated rings. The summed E-state index contributed by atoms with van der Waals surface area (Å²) in [6.07, 6.45) is 4.27. The van der Waals surface area contributed by atoms with E-state index in [1.807, 2.05) is 12.3 Å². The summed E-state index contributed by atoms with van der Waals surface area (Å²) in [4.78, 5) is 0. The SMILES string of the molecule is c1cc(C2CCCN2)c2nnnn2c1. The van der Waals surface area contributed by atoms with E-state index in [-0.39, 0.29) is 0 Å². The van der Waals surface area contributed by atoms with E-state index in [9.17, 15) is 0 Å². The van der Waals surface area contributed by atoms with Gasteiger partial charge in [-0.15, -0.1) is 5.10 Å². The van der Waals surface area contributed by atoms with E-state index in [4.69, 9.17) is 0 Å². The van der Waals surface area contributed by atoms with Crippen LogP contribution < -0.4 is 5.32 Å². The molecule has 0 spiro atoms. The molecular weight excluding hydrogens is 178 g/mol. The Morgan fingerprint density at radius 3 is 3.36 bits per heavy atom. The molecule has 2 aromatic rings. The lowest BCUT2D eigenvalue weighted by atomic mass is 10.1. The van der Waals surface area contributed by atoms with Gasteiger partial charge in [-0.3, -0.25) is 0 Å². The van der Waals surface area contributed by atoms with Gasteiger partial charge in [0, 0.05) is 17.8 Å². The first-order chi connectivity index (χ1) is 6.95. The van der Waals surface area contributed by atoms with Crippen molar-refractivity contribution in [3.63, 3.8) is 0 Å². The molecule has 5 heteroatoms. The second kappa shape index (κ2) is 3.02. The maximum Gasteiger partial charge on any atom is 0.183 e. The molecule has 3 rings (SSSR count). The van der Waals surface area contributed by atoms with Crippen molar-refractivity contribution in [2.75, 3.05) is 6.54 Å². The molecule has 0 aromatic carbocycles. The number of hydrogen-bond donors (Lipinski definition) is 1. The Kier molecular flexibility index (Phi) is 1.70. The number of pyridine rings is 1. The molecule has 1 unspecified atom stereocenters. The van der Waals surface area contributed by atoms with Crippen molar-refractivity contribution in [3.8, 4) is 0 Å². The van der Waals surface area contributed by atoms with E-state index >= 15 is 0 Å². The van der Waals surface area contributed by atoms with Crippen LogP contribution in [0.25, 0.3) is 5.65 Å². The Labute approximate surface area is 81.1 Å². The fourth-order valence-corrected chi connectivity index (χ4v) is 2.01. The van der Waals surface area contributed by atoms with Gasteiger partial charge in [0.2, 0.25) is 0 Å². The fourth-order valence-electron chi connectivity index (χ4n) is 2.01. The summed E-state index contributed by atoms with van der Waals surface area (Å²) in [6, 6.07) is 4.50. The maximum atomic E-state index is 4.03. The number of fused-ring (bicyclic) bond motifs is 1. The molecule has 5 nitrogen and oxygen atoms in total. The summed E-state index contributed by atoms with van der Waals surface area (Å²) < 4.78 is 1.72. The first-order valence-corrected chi connectivity index (χ1v) is 4.85. The Morgan fingerprint density at radius 2 is 2.50 bits per heavy atom. The number of hydrogen-bond acceptors (Lipinski definition) is 4. The summed E-state index contributed by atoms with van der Waals surface area (Å²) in [7, 11) is 0. The highest BCUT2D eigenvalue weighted by Crippen LogP contribution is 2.24. The van der Waals surface area contributed by atoms with Gasteiger partial charge >= 0.3 is 0 Å². The van der Waals surface area contributed by atoms with Crippen LogP contribution in [0, 0.1) is 0 Å². The number of aromatic nitrogens is 4. The summed E-state index contributed by atoms with van der Waals surface area (Å²) in [5.41, 5.74) is 2.07. The molecular formula is C9H11N5. The lowest BCUT2D eigenvalue weighted by molar-refractivity contribution is 0.647. The Bertz CT molecular complexity index is 443. The summed E-state index contributed by atoms with van der Waals surface area (Å²) >= 11 is 0. The van der Waals surface area contributed by atoms with Crippen LogP contribution in [0.5, 0.6) is 0 Å². The topological polar surface area (TPSA) is 55.1 Å². The normalized spacial score (nSPS) is 21.9. The van der Waals surface area contributed by atoms with Crippen LogP contribution in [-0.2, 0) is 0 Å². The second-order valence-electron chi connectivity index (χ2n) is 3.56. The predicted molar refractivity (Wildman–Crippen MR) is 50.8 cm³/mol. The third-order valence-corrected chi connectivity index (χ3v) is 2.69. The fraction of sp³-hybridized carbons (Fsp3) is 0.444. The minimum absolute atomic E-state index is 0.421. The lowest BCUT2D eigenvalue weighted by Gasteiger charge is -2.09. The largest absolute Gasteiger partial charge is 0.310 e. The van der Waals surface area contributed by atoms with E-state index in [1.165, 1.54) is 18.4 Å². The molecule has 0 bridgehead atoms. The maximum absolute atomic E-state index is 4.03. The molecule has 1 atom stereocenters. The van der Waals surface area contributed by atoms with Gasteiger partial charge in [-0.05, 0) is 35.9 Å². The third-order valence-electron chi connectivity index (χ3n) is 2.69. The first kappa shape index (κ1) is 7.87. The summed E-state index contributed by atoms with van der Waals surface area (Å²) in [6.45, 7) is 1.09. The van der Waals surface area contributed by atoms with Crippen molar-refractivity contribution in [1.29, 1.82) is 0 Å². The Morgan fingerprint density at radius 1 is 1.50 bits per heavy atom. The minimum atomic E-state index is 0.421. The Balaban J connectivity index is 2.14. The third kappa shape index (κ3) is 1.09. The summed E-state index contributed by atoms with van der Waals surface area (Å²) in [5.74, 6) is 0. The minimum Gasteiger partial charge on any atom is -0.310 e. The predicted octanol–water partition coefficient (Wildman–Crippen LogP) is 0.549. The smallest absolute Gasteiger partial charge is 0.183 e. The molecule has 1 aliphatic rings. The lowest BCUT2D eigenvalue weighted by Crippen LogP contribution is -2.13. The number of nitrogens with zero attached hydrogens (tertiary/aromatic N) is 4. The van der Waals surface area contributed by atoms with Crippen molar-refractivity contribution >= 4 is 5.65 Å². The zero-order chi connectivity index (χ0) is 9.38. The highest BCUT2D eigenvalue weighted by molar-refractivity contribution is 5.47. The van der Waals surface area contributed by atoms with Crippen LogP contribution >= 0.6 is 0 Å². The monoisotopic (exact) mass is 189 g/mol. The number of rotatable bonds is 1. The van der Waals surface area contributed by atoms with Gasteiger partial charge in [0.05, 0.1) is 0 Å². The van der Waals surface area contributed by atoms with Crippen LogP contribution in [-0.4, -0.2) is 26.6 Å². The van der Waals surface area contributed by atoms with Gasteiger partial charge < -0.3 is 5.32 Å². The van der Waals surface area contributed by atoms with Gasteiger partial charge in [-0.25, -0.2) is 4.52 Å². The average Bonchev–Trinajstić information content (AvgIpc) is 2.88. The first-order valence-electron chi connectivity index (χ1n) is 4.85. The van der Waals surface area contributed by atoms with Crippen molar-refractivity contribution in [3.05, 3.63) is 23.9 Å². The van der Waals surface area contributed by atoms with Crippen LogP contribution in [0.15, 0.2) is 18.3 Å². The Hall–Kier alpha value is -1.49. The molecule has 1 N–H and O–H groups in total. The average molecular weight is 189 g/mol. The van der Waals surface area contributed by atoms with Gasteiger partial charge in [0.15, 0.2) is 5.65 Å². The highest BCUT2D eigenvalue weighted by Gasteiger charge is 2.19. The van der Waals surface area contributed by atoms with Crippen LogP contribution in [0.2, 0.25) is 0 Å². The van der Waals surface area contributed by atoms with E-state index in [0.717, 1.165) is 12.2 Å². The second-order valence-corrected chi connectivity index (χ2v) is 3.56. The standard InChI is InChI=1S/C9H11N5/c1-4-8(10-5-1)7-3-2-6-14-9(7)11-12-13-14/h2-3,6,8,10H,1,4-5H2. The van der Waals surface area contributed by atoms with Crippen molar-refractivity contribution < 1.29 is 0 Å². The van der Waals surface area contributed by atoms with Crippen LogP contribution in [0.3, 0.4) is 0 Å². The van der Waals surface area contributed by atoms with Gasteiger partial charge in [0.25, 0.3) is 0 Å². The quantitative estimate of drug-likeness (QED) is 0.711. The molecule has 0 radical (unpaired) electrons. The zero-order valence-corrected chi connectivity index (χ0v) is 7.72. The van der Waals surface area contributed by atoms with Crippen LogP contribution in [0.1, 0.15) is 24.4 Å². The zero-order valence-electron chi connectivity index (χ0n) is 7.72. The summed E-state index contributed by atoms with van der Waals surface area (Å²) in [5, 5.41) is 15.0. The molecule has 14 heavy (non-hydrogen) atoms. The number of tetrazole rings is 1. The highest BCUT2D eigenvalue weighted by atomic mass is 15.5. The molecule has 1 saturated heterocycles. The number of nitrogens with one attached hydrogen (secondary N) is 1.